The van der Waals surface area contributed by atoms with Crippen LogP contribution in [0.25, 0.3) is 0 Å². The van der Waals surface area contributed by atoms with Crippen molar-refractivity contribution >= 4 is 11.8 Å². The van der Waals surface area contributed by atoms with E-state index < -0.39 is 0 Å². The average molecular weight is 412 g/mol. The topological polar surface area (TPSA) is 87.8 Å². The van der Waals surface area contributed by atoms with Crippen LogP contribution in [0.3, 0.4) is 0 Å². The molecule has 8 heteroatoms. The van der Waals surface area contributed by atoms with Crippen LogP contribution in [0.15, 0.2) is 39.9 Å². The SMILES string of the molecule is CC(=O)NCC(=O)N1C[C@@H]2C[C@H](C1)c1ccc(CN(C)Cc3ccoc3)c(=O)n1C2. The van der Waals surface area contributed by atoms with E-state index in [0.29, 0.717) is 32.7 Å². The quantitative estimate of drug-likeness (QED) is 0.769. The zero-order valence-corrected chi connectivity index (χ0v) is 17.5. The summed E-state index contributed by atoms with van der Waals surface area (Å²) in [5.41, 5.74) is 2.94. The number of fused-ring (bicyclic) bond motifs is 4. The fraction of sp³-hybridized carbons (Fsp3) is 0.500. The largest absolute Gasteiger partial charge is 0.472 e. The Labute approximate surface area is 175 Å². The van der Waals surface area contributed by atoms with E-state index in [1.54, 1.807) is 12.5 Å². The van der Waals surface area contributed by atoms with Gasteiger partial charge in [0.05, 0.1) is 19.1 Å². The van der Waals surface area contributed by atoms with Crippen LogP contribution in [-0.4, -0.2) is 52.9 Å². The van der Waals surface area contributed by atoms with E-state index in [4.69, 9.17) is 4.42 Å². The summed E-state index contributed by atoms with van der Waals surface area (Å²) in [6.07, 6.45) is 4.36. The molecule has 1 saturated heterocycles. The molecule has 2 aliphatic heterocycles. The number of nitrogens with zero attached hydrogens (tertiary/aromatic N) is 3. The number of aromatic nitrogens is 1. The first-order valence-corrected chi connectivity index (χ1v) is 10.3. The maximum atomic E-state index is 13.2. The normalized spacial score (nSPS) is 20.2. The summed E-state index contributed by atoms with van der Waals surface area (Å²) in [6.45, 7) is 4.58. The lowest BCUT2D eigenvalue weighted by Gasteiger charge is -2.43. The van der Waals surface area contributed by atoms with E-state index in [9.17, 15) is 14.4 Å². The third kappa shape index (κ3) is 4.33. The molecule has 2 aromatic heterocycles. The third-order valence-electron chi connectivity index (χ3n) is 6.00. The number of carbonyl (C=O) groups is 2. The first-order chi connectivity index (χ1) is 14.4. The molecule has 2 atom stereocenters. The number of likely N-dealkylation sites (tertiary alicyclic amines) is 1. The molecule has 4 rings (SSSR count). The van der Waals surface area contributed by atoms with Crippen LogP contribution in [-0.2, 0) is 29.2 Å². The molecule has 0 saturated carbocycles. The highest BCUT2D eigenvalue weighted by Crippen LogP contribution is 2.35. The van der Waals surface area contributed by atoms with Crippen molar-refractivity contribution in [3.63, 3.8) is 0 Å². The van der Waals surface area contributed by atoms with Gasteiger partial charge in [0.25, 0.3) is 5.56 Å². The molecule has 0 unspecified atom stereocenters. The summed E-state index contributed by atoms with van der Waals surface area (Å²) in [7, 11) is 1.99. The fourth-order valence-electron chi connectivity index (χ4n) is 4.67. The van der Waals surface area contributed by atoms with Crippen molar-refractivity contribution in [2.45, 2.75) is 38.9 Å². The van der Waals surface area contributed by atoms with Crippen LogP contribution < -0.4 is 10.9 Å². The first kappa shape index (κ1) is 20.4. The molecular weight excluding hydrogens is 384 g/mol. The second kappa shape index (κ2) is 8.47. The van der Waals surface area contributed by atoms with Crippen molar-refractivity contribution < 1.29 is 14.0 Å². The monoisotopic (exact) mass is 412 g/mol. The van der Waals surface area contributed by atoms with Gasteiger partial charge in [-0.2, -0.15) is 0 Å². The number of pyridine rings is 1. The number of hydrogen-bond acceptors (Lipinski definition) is 5. The van der Waals surface area contributed by atoms with Gasteiger partial charge in [0, 0.05) is 62.4 Å². The van der Waals surface area contributed by atoms with Gasteiger partial charge < -0.3 is 19.2 Å². The molecule has 1 N–H and O–H groups in total. The number of piperidine rings is 1. The number of furan rings is 1. The molecule has 4 heterocycles. The maximum absolute atomic E-state index is 13.2. The molecular formula is C22H28N4O4. The van der Waals surface area contributed by atoms with Crippen molar-refractivity contribution in [2.75, 3.05) is 26.7 Å². The molecule has 0 spiro atoms. The van der Waals surface area contributed by atoms with Crippen molar-refractivity contribution in [3.05, 3.63) is 57.9 Å². The summed E-state index contributed by atoms with van der Waals surface area (Å²) in [5, 5.41) is 2.58. The van der Waals surface area contributed by atoms with Crippen molar-refractivity contribution in [1.82, 2.24) is 19.7 Å². The number of hydrogen-bond donors (Lipinski definition) is 1. The fourth-order valence-corrected chi connectivity index (χ4v) is 4.67. The van der Waals surface area contributed by atoms with Crippen molar-refractivity contribution in [2.24, 2.45) is 5.92 Å². The molecule has 2 aromatic rings. The van der Waals surface area contributed by atoms with E-state index in [0.717, 1.165) is 23.2 Å². The average Bonchev–Trinajstić information content (AvgIpc) is 3.21. The van der Waals surface area contributed by atoms with Crippen LogP contribution in [0.2, 0.25) is 0 Å². The number of amides is 2. The second-order valence-electron chi connectivity index (χ2n) is 8.51. The number of nitrogens with one attached hydrogen (secondary N) is 1. The number of carbonyl (C=O) groups excluding carboxylic acids is 2. The predicted octanol–water partition coefficient (Wildman–Crippen LogP) is 1.16. The summed E-state index contributed by atoms with van der Waals surface area (Å²) in [4.78, 5) is 40.6. The van der Waals surface area contributed by atoms with Gasteiger partial charge in [-0.05, 0) is 31.5 Å². The van der Waals surface area contributed by atoms with Gasteiger partial charge in [0.15, 0.2) is 0 Å². The first-order valence-electron chi connectivity index (χ1n) is 10.3. The maximum Gasteiger partial charge on any atom is 0.255 e. The molecule has 2 aliphatic rings. The van der Waals surface area contributed by atoms with Gasteiger partial charge in [-0.15, -0.1) is 0 Å². The number of rotatable bonds is 6. The Morgan fingerprint density at radius 3 is 2.77 bits per heavy atom. The van der Waals surface area contributed by atoms with Gasteiger partial charge in [0.1, 0.15) is 0 Å². The Morgan fingerprint density at radius 2 is 2.03 bits per heavy atom. The zero-order chi connectivity index (χ0) is 21.3. The minimum Gasteiger partial charge on any atom is -0.472 e. The molecule has 0 aromatic carbocycles. The molecule has 160 valence electrons. The van der Waals surface area contributed by atoms with Gasteiger partial charge in [-0.25, -0.2) is 0 Å². The van der Waals surface area contributed by atoms with Crippen molar-refractivity contribution in [1.29, 1.82) is 0 Å². The summed E-state index contributed by atoms with van der Waals surface area (Å²) in [6, 6.07) is 5.90. The molecule has 2 amide bonds. The van der Waals surface area contributed by atoms with Crippen LogP contribution in [0.1, 0.15) is 36.1 Å². The third-order valence-corrected chi connectivity index (χ3v) is 6.00. The van der Waals surface area contributed by atoms with Gasteiger partial charge in [-0.3, -0.25) is 19.3 Å². The van der Waals surface area contributed by atoms with Crippen molar-refractivity contribution in [3.8, 4) is 0 Å². The van der Waals surface area contributed by atoms with Gasteiger partial charge in [-0.1, -0.05) is 6.07 Å². The van der Waals surface area contributed by atoms with Gasteiger partial charge >= 0.3 is 0 Å². The predicted molar refractivity (Wildman–Crippen MR) is 111 cm³/mol. The van der Waals surface area contributed by atoms with Crippen LogP contribution in [0.5, 0.6) is 0 Å². The zero-order valence-electron chi connectivity index (χ0n) is 17.5. The standard InChI is InChI=1S/C22H28N4O4/c1-15(27)23-8-21(28)25-10-17-7-19(13-25)20-4-3-18(22(29)26(20)11-17)12-24(2)9-16-5-6-30-14-16/h3-6,14,17,19H,7-13H2,1-2H3,(H,23,27)/t17-,19+/m0/s1. The highest BCUT2D eigenvalue weighted by molar-refractivity contribution is 5.83. The van der Waals surface area contributed by atoms with E-state index >= 15 is 0 Å². The Kier molecular flexibility index (Phi) is 5.76. The second-order valence-corrected chi connectivity index (χ2v) is 8.51. The molecule has 2 bridgehead atoms. The van der Waals surface area contributed by atoms with Crippen LogP contribution in [0, 0.1) is 5.92 Å². The highest BCUT2D eigenvalue weighted by Gasteiger charge is 2.36. The van der Waals surface area contributed by atoms with E-state index in [-0.39, 0.29) is 35.8 Å². The van der Waals surface area contributed by atoms with E-state index in [2.05, 4.69) is 10.2 Å². The van der Waals surface area contributed by atoms with Gasteiger partial charge in [0.2, 0.25) is 11.8 Å². The minimum absolute atomic E-state index is 0.0313. The van der Waals surface area contributed by atoms with Crippen LogP contribution >= 0.6 is 0 Å². The lowest BCUT2D eigenvalue weighted by atomic mass is 9.83. The molecule has 0 aliphatic carbocycles. The molecule has 1 fully saturated rings. The van der Waals surface area contributed by atoms with Crippen LogP contribution in [0.4, 0.5) is 0 Å². The lowest BCUT2D eigenvalue weighted by Crippen LogP contribution is -2.51. The Hall–Kier alpha value is -2.87. The Bertz CT molecular complexity index is 982. The summed E-state index contributed by atoms with van der Waals surface area (Å²) < 4.78 is 7.03. The Morgan fingerprint density at radius 1 is 1.20 bits per heavy atom. The minimum atomic E-state index is -0.206. The van der Waals surface area contributed by atoms with E-state index in [1.807, 2.05) is 34.7 Å². The molecule has 30 heavy (non-hydrogen) atoms. The molecule has 0 radical (unpaired) electrons. The highest BCUT2D eigenvalue weighted by atomic mass is 16.3. The Balaban J connectivity index is 1.47. The summed E-state index contributed by atoms with van der Waals surface area (Å²) >= 11 is 0. The molecule has 8 nitrogen and oxygen atoms in total. The smallest absolute Gasteiger partial charge is 0.255 e. The summed E-state index contributed by atoms with van der Waals surface area (Å²) in [5.74, 6) is 0.147. The lowest BCUT2D eigenvalue weighted by molar-refractivity contribution is -0.134. The van der Waals surface area contributed by atoms with E-state index in [1.165, 1.54) is 6.92 Å².